The van der Waals surface area contributed by atoms with Crippen LogP contribution in [0, 0.1) is 0 Å². The first-order chi connectivity index (χ1) is 15.2. The molecule has 2 atom stereocenters. The molecule has 1 spiro atoms. The van der Waals surface area contributed by atoms with Crippen molar-refractivity contribution in [3.05, 3.63) is 95.9 Å². The number of hydrogen-bond acceptors (Lipinski definition) is 4. The summed E-state index contributed by atoms with van der Waals surface area (Å²) in [5.74, 6) is -0.229. The van der Waals surface area contributed by atoms with E-state index in [-0.39, 0.29) is 11.8 Å². The number of carbonyl (C=O) groups is 2. The van der Waals surface area contributed by atoms with Crippen LogP contribution in [0.5, 0.6) is 0 Å². The lowest BCUT2D eigenvalue weighted by Crippen LogP contribution is -2.42. The maximum atomic E-state index is 13.8. The molecule has 2 aliphatic heterocycles. The molecule has 2 aromatic heterocycles. The zero-order valence-corrected chi connectivity index (χ0v) is 16.6. The molecule has 1 N–H and O–H groups in total. The molecule has 0 radical (unpaired) electrons. The van der Waals surface area contributed by atoms with E-state index in [4.69, 9.17) is 0 Å². The van der Waals surface area contributed by atoms with Crippen molar-refractivity contribution in [3.8, 4) is 0 Å². The minimum absolute atomic E-state index is 0.0594. The summed E-state index contributed by atoms with van der Waals surface area (Å²) in [6.45, 7) is 0.463. The predicted molar refractivity (Wildman–Crippen MR) is 115 cm³/mol. The Morgan fingerprint density at radius 1 is 1.06 bits per heavy atom. The summed E-state index contributed by atoms with van der Waals surface area (Å²) in [6, 6.07) is 18.9. The van der Waals surface area contributed by atoms with Gasteiger partial charge in [-0.15, -0.1) is 0 Å². The molecule has 7 nitrogen and oxygen atoms in total. The fourth-order valence-corrected chi connectivity index (χ4v) is 5.14. The van der Waals surface area contributed by atoms with Gasteiger partial charge in [-0.25, -0.2) is 9.50 Å². The van der Waals surface area contributed by atoms with Crippen LogP contribution < -0.4 is 5.32 Å². The van der Waals surface area contributed by atoms with E-state index in [1.54, 1.807) is 29.2 Å². The Kier molecular flexibility index (Phi) is 3.74. The fourth-order valence-electron chi connectivity index (χ4n) is 5.14. The first-order valence-electron chi connectivity index (χ1n) is 10.3. The second kappa shape index (κ2) is 6.50. The number of para-hydroxylation sites is 1. The number of hydrogen-bond donors (Lipinski definition) is 1. The van der Waals surface area contributed by atoms with Crippen molar-refractivity contribution in [2.45, 2.75) is 17.9 Å². The number of benzene rings is 2. The van der Waals surface area contributed by atoms with Gasteiger partial charge in [-0.05, 0) is 29.7 Å². The molecule has 0 aliphatic carbocycles. The molecule has 2 aliphatic rings. The monoisotopic (exact) mass is 409 g/mol. The molecule has 6 rings (SSSR count). The second-order valence-corrected chi connectivity index (χ2v) is 7.98. The molecule has 0 saturated carbocycles. The average Bonchev–Trinajstić information content (AvgIpc) is 3.49. The van der Waals surface area contributed by atoms with Gasteiger partial charge in [0.25, 0.3) is 5.91 Å². The predicted octanol–water partition coefficient (Wildman–Crippen LogP) is 3.21. The van der Waals surface area contributed by atoms with Crippen molar-refractivity contribution >= 4 is 23.1 Å². The lowest BCUT2D eigenvalue weighted by atomic mass is 9.72. The summed E-state index contributed by atoms with van der Waals surface area (Å²) in [5, 5.41) is 7.32. The van der Waals surface area contributed by atoms with Crippen LogP contribution in [-0.4, -0.2) is 37.9 Å². The van der Waals surface area contributed by atoms with Gasteiger partial charge in [0.2, 0.25) is 5.91 Å². The van der Waals surface area contributed by atoms with Crippen LogP contribution in [-0.2, 0) is 10.2 Å². The Morgan fingerprint density at radius 3 is 2.74 bits per heavy atom. The fraction of sp³-hybridized carbons (Fsp3) is 0.167. The van der Waals surface area contributed by atoms with E-state index in [0.29, 0.717) is 24.2 Å². The molecule has 2 amide bonds. The summed E-state index contributed by atoms with van der Waals surface area (Å²) < 4.78 is 1.59. The van der Waals surface area contributed by atoms with Crippen LogP contribution in [0.25, 0.3) is 5.65 Å². The van der Waals surface area contributed by atoms with Crippen LogP contribution in [0.3, 0.4) is 0 Å². The van der Waals surface area contributed by atoms with Crippen molar-refractivity contribution in [1.82, 2.24) is 19.5 Å². The molecule has 152 valence electrons. The summed E-state index contributed by atoms with van der Waals surface area (Å²) >= 11 is 0. The molecular formula is C24H19N5O2. The highest BCUT2D eigenvalue weighted by molar-refractivity contribution is 6.08. The van der Waals surface area contributed by atoms with Gasteiger partial charge in [0.05, 0.1) is 12.2 Å². The second-order valence-electron chi connectivity index (χ2n) is 7.98. The van der Waals surface area contributed by atoms with Crippen molar-refractivity contribution in [2.75, 3.05) is 11.9 Å². The van der Waals surface area contributed by atoms with Crippen molar-refractivity contribution < 1.29 is 9.59 Å². The van der Waals surface area contributed by atoms with E-state index in [2.05, 4.69) is 15.4 Å². The van der Waals surface area contributed by atoms with Crippen LogP contribution >= 0.6 is 0 Å². The van der Waals surface area contributed by atoms with Gasteiger partial charge >= 0.3 is 0 Å². The number of carbonyl (C=O) groups excluding carboxylic acids is 2. The maximum absolute atomic E-state index is 13.8. The van der Waals surface area contributed by atoms with Crippen LogP contribution in [0.1, 0.15) is 33.9 Å². The number of aromatic nitrogens is 3. The zero-order valence-electron chi connectivity index (χ0n) is 16.6. The van der Waals surface area contributed by atoms with Gasteiger partial charge in [-0.3, -0.25) is 9.59 Å². The number of amides is 2. The number of likely N-dealkylation sites (tertiary alicyclic amines) is 1. The molecule has 2 aromatic carbocycles. The molecule has 7 heteroatoms. The van der Waals surface area contributed by atoms with Crippen LogP contribution in [0.2, 0.25) is 0 Å². The van der Waals surface area contributed by atoms with E-state index >= 15 is 0 Å². The minimum Gasteiger partial charge on any atom is -0.330 e. The molecule has 4 heterocycles. The minimum atomic E-state index is -0.829. The largest absolute Gasteiger partial charge is 0.330 e. The summed E-state index contributed by atoms with van der Waals surface area (Å²) in [6.07, 6.45) is 5.52. The van der Waals surface area contributed by atoms with Crippen molar-refractivity contribution in [2.24, 2.45) is 0 Å². The third-order valence-corrected chi connectivity index (χ3v) is 6.47. The van der Waals surface area contributed by atoms with Crippen molar-refractivity contribution in [1.29, 1.82) is 0 Å². The molecular weight excluding hydrogens is 390 g/mol. The molecule has 1 fully saturated rings. The standard InChI is InChI=1S/C24H19N5O2/c30-22(17-15-26-29-13-6-12-25-21(17)29)28-14-11-24(20(28)16-7-2-1-3-8-16)18-9-4-5-10-19(18)27-23(24)31/h1-10,12-13,15,20H,11,14H2,(H,27,31)/t20-,24+/m0/s1. The molecule has 0 unspecified atom stereocenters. The number of fused-ring (bicyclic) bond motifs is 3. The SMILES string of the molecule is O=C(c1cnn2cccnc12)N1CC[C@]2(C(=O)Nc3ccccc32)[C@@H]1c1ccccc1. The number of rotatable bonds is 2. The Morgan fingerprint density at radius 2 is 1.87 bits per heavy atom. The number of nitrogens with zero attached hydrogens (tertiary/aromatic N) is 4. The van der Waals surface area contributed by atoms with Gasteiger partial charge in [0, 0.05) is 24.6 Å². The third-order valence-electron chi connectivity index (χ3n) is 6.47. The van der Waals surface area contributed by atoms with E-state index in [1.807, 2.05) is 59.5 Å². The first-order valence-corrected chi connectivity index (χ1v) is 10.3. The molecule has 31 heavy (non-hydrogen) atoms. The van der Waals surface area contributed by atoms with E-state index in [1.165, 1.54) is 0 Å². The highest BCUT2D eigenvalue weighted by Crippen LogP contribution is 2.54. The average molecular weight is 409 g/mol. The molecule has 4 aromatic rings. The van der Waals surface area contributed by atoms with Gasteiger partial charge < -0.3 is 10.2 Å². The number of anilines is 1. The Labute approximate surface area is 178 Å². The summed E-state index contributed by atoms with van der Waals surface area (Å²) in [7, 11) is 0. The van der Waals surface area contributed by atoms with E-state index < -0.39 is 11.5 Å². The maximum Gasteiger partial charge on any atom is 0.259 e. The Balaban J connectivity index is 1.52. The quantitative estimate of drug-likeness (QED) is 0.551. The highest BCUT2D eigenvalue weighted by Gasteiger charge is 2.59. The Bertz CT molecular complexity index is 1330. The normalized spacial score (nSPS) is 22.1. The van der Waals surface area contributed by atoms with Gasteiger partial charge in [0.1, 0.15) is 11.0 Å². The molecule has 1 saturated heterocycles. The van der Waals surface area contributed by atoms with Crippen molar-refractivity contribution in [3.63, 3.8) is 0 Å². The Hall–Kier alpha value is -4.00. The van der Waals surface area contributed by atoms with Gasteiger partial charge in [-0.2, -0.15) is 5.10 Å². The van der Waals surface area contributed by atoms with Crippen LogP contribution in [0.15, 0.2) is 79.3 Å². The van der Waals surface area contributed by atoms with Crippen LogP contribution in [0.4, 0.5) is 5.69 Å². The van der Waals surface area contributed by atoms with E-state index in [9.17, 15) is 9.59 Å². The number of nitrogens with one attached hydrogen (secondary N) is 1. The summed E-state index contributed by atoms with van der Waals surface area (Å²) in [5.41, 5.74) is 2.82. The lowest BCUT2D eigenvalue weighted by molar-refractivity contribution is -0.121. The smallest absolute Gasteiger partial charge is 0.259 e. The highest BCUT2D eigenvalue weighted by atomic mass is 16.2. The topological polar surface area (TPSA) is 79.6 Å². The lowest BCUT2D eigenvalue weighted by Gasteiger charge is -2.34. The summed E-state index contributed by atoms with van der Waals surface area (Å²) in [4.78, 5) is 33.3. The third kappa shape index (κ3) is 2.40. The van der Waals surface area contributed by atoms with Gasteiger partial charge in [-0.1, -0.05) is 48.5 Å². The van der Waals surface area contributed by atoms with Gasteiger partial charge in [0.15, 0.2) is 5.65 Å². The van der Waals surface area contributed by atoms with E-state index in [0.717, 1.165) is 16.8 Å². The first kappa shape index (κ1) is 17.8. The zero-order chi connectivity index (χ0) is 21.0. The molecule has 0 bridgehead atoms.